The Morgan fingerprint density at radius 3 is 2.77 bits per heavy atom. The summed E-state index contributed by atoms with van der Waals surface area (Å²) in [6.45, 7) is -0.142. The number of aromatic nitrogens is 3. The highest BCUT2D eigenvalue weighted by Gasteiger charge is 2.18. The number of ether oxygens (including phenoxy) is 1. The summed E-state index contributed by atoms with van der Waals surface area (Å²) >= 11 is 0. The fourth-order valence-corrected chi connectivity index (χ4v) is 3.60. The molecule has 4 aromatic rings. The van der Waals surface area contributed by atoms with Gasteiger partial charge in [0.25, 0.3) is 13.6 Å². The van der Waals surface area contributed by atoms with Gasteiger partial charge < -0.3 is 19.0 Å². The third-order valence-corrected chi connectivity index (χ3v) is 5.41. The van der Waals surface area contributed by atoms with E-state index in [1.807, 2.05) is 18.2 Å². The Bertz CT molecular complexity index is 1360. The first-order valence-corrected chi connectivity index (χ1v) is 12.0. The molecule has 1 atom stereocenters. The van der Waals surface area contributed by atoms with Crippen molar-refractivity contribution >= 4 is 13.6 Å². The van der Waals surface area contributed by atoms with Gasteiger partial charge in [-0.25, -0.2) is 13.9 Å². The van der Waals surface area contributed by atoms with Crippen molar-refractivity contribution in [2.24, 2.45) is 0 Å². The molecule has 1 unspecified atom stereocenters. The summed E-state index contributed by atoms with van der Waals surface area (Å²) < 4.78 is 41.0. The van der Waals surface area contributed by atoms with Gasteiger partial charge in [0.05, 0.1) is 24.2 Å². The fourth-order valence-electron chi connectivity index (χ4n) is 3.33. The maximum atomic E-state index is 13.3. The van der Waals surface area contributed by atoms with E-state index < -0.39 is 14.6 Å². The Labute approximate surface area is 200 Å². The summed E-state index contributed by atoms with van der Waals surface area (Å²) in [5.41, 5.74) is 8.69. The lowest BCUT2D eigenvalue weighted by Gasteiger charge is -2.14. The number of anilines is 1. The number of halogens is 1. The van der Waals surface area contributed by atoms with Crippen LogP contribution in [0.5, 0.6) is 5.88 Å². The van der Waals surface area contributed by atoms with Gasteiger partial charge in [-0.2, -0.15) is 0 Å². The van der Waals surface area contributed by atoms with Crippen LogP contribution in [0.3, 0.4) is 0 Å². The van der Waals surface area contributed by atoms with Crippen LogP contribution in [-0.4, -0.2) is 21.6 Å². The summed E-state index contributed by atoms with van der Waals surface area (Å²) in [6.07, 6.45) is 2.41. The molecule has 4 rings (SSSR count). The molecule has 35 heavy (non-hydrogen) atoms. The number of benzene rings is 1. The topological polar surface area (TPSA) is 148 Å². The minimum absolute atomic E-state index is 0.162. The number of nitrogens with zero attached hydrogens (tertiary/aromatic N) is 3. The van der Waals surface area contributed by atoms with E-state index in [0.29, 0.717) is 48.0 Å². The molecule has 3 aromatic heterocycles. The zero-order valence-corrected chi connectivity index (χ0v) is 19.3. The van der Waals surface area contributed by atoms with Gasteiger partial charge in [0.2, 0.25) is 5.88 Å². The van der Waals surface area contributed by atoms with Crippen LogP contribution in [0.1, 0.15) is 17.0 Å². The van der Waals surface area contributed by atoms with Gasteiger partial charge in [-0.15, -0.1) is 0 Å². The molecule has 0 aliphatic carbocycles. The molecule has 0 radical (unpaired) electrons. The summed E-state index contributed by atoms with van der Waals surface area (Å²) in [4.78, 5) is 24.1. The van der Waals surface area contributed by atoms with E-state index in [1.54, 1.807) is 30.3 Å². The number of nitrogen functional groups attached to an aromatic ring is 1. The van der Waals surface area contributed by atoms with Crippen molar-refractivity contribution in [3.8, 4) is 17.2 Å². The molecule has 12 heteroatoms. The minimum Gasteiger partial charge on any atom is -0.756 e. The summed E-state index contributed by atoms with van der Waals surface area (Å²) in [6, 6.07) is 16.7. The molecular formula is C23H22FN4O6P. The SMILES string of the molecule is Nc1c(-c2cc(Cc3cccc(OCCc4cccc(F)c4)n3)no2)ccc[n+]1COP(=O)([O-])O. The highest BCUT2D eigenvalue weighted by Crippen LogP contribution is 2.30. The van der Waals surface area contributed by atoms with Gasteiger partial charge in [0, 0.05) is 25.0 Å². The first kappa shape index (κ1) is 24.5. The Kier molecular flexibility index (Phi) is 7.52. The monoisotopic (exact) mass is 500 g/mol. The highest BCUT2D eigenvalue weighted by atomic mass is 31.2. The molecular weight excluding hydrogens is 478 g/mol. The summed E-state index contributed by atoms with van der Waals surface area (Å²) in [7, 11) is -4.90. The van der Waals surface area contributed by atoms with Crippen LogP contribution in [0.25, 0.3) is 11.3 Å². The van der Waals surface area contributed by atoms with Crippen molar-refractivity contribution in [3.63, 3.8) is 0 Å². The van der Waals surface area contributed by atoms with Crippen molar-refractivity contribution in [2.75, 3.05) is 12.3 Å². The minimum atomic E-state index is -4.90. The molecule has 0 saturated carbocycles. The number of phosphoric ester groups is 1. The van der Waals surface area contributed by atoms with Crippen molar-refractivity contribution < 1.29 is 37.1 Å². The van der Waals surface area contributed by atoms with E-state index >= 15 is 0 Å². The van der Waals surface area contributed by atoms with E-state index in [1.165, 1.54) is 22.9 Å². The number of hydrogen-bond acceptors (Lipinski definition) is 8. The van der Waals surface area contributed by atoms with E-state index in [2.05, 4.69) is 14.7 Å². The van der Waals surface area contributed by atoms with Gasteiger partial charge in [-0.05, 0) is 35.9 Å². The largest absolute Gasteiger partial charge is 0.756 e. The van der Waals surface area contributed by atoms with Crippen molar-refractivity contribution in [1.82, 2.24) is 10.1 Å². The number of phosphoric acid groups is 1. The highest BCUT2D eigenvalue weighted by molar-refractivity contribution is 7.44. The summed E-state index contributed by atoms with van der Waals surface area (Å²) in [5.74, 6) is 0.683. The number of hydrogen-bond donors (Lipinski definition) is 2. The first-order chi connectivity index (χ1) is 16.8. The number of nitrogens with two attached hydrogens (primary N) is 1. The fraction of sp³-hybridized carbons (Fsp3) is 0.174. The standard InChI is InChI=1S/C23H22FN4O6P/c24-17-5-1-4-16(12-17)9-11-32-22-8-2-6-18(26-22)13-19-14-21(34-27-19)20-7-3-10-28(23(20)25)15-33-35(29,30)31/h1-8,10,12,14,25H,9,11,13,15H2,(H2,29,30,31). The zero-order chi connectivity index (χ0) is 24.8. The smallest absolute Gasteiger partial charge is 0.285 e. The predicted octanol–water partition coefficient (Wildman–Crippen LogP) is 2.39. The van der Waals surface area contributed by atoms with Gasteiger partial charge in [-0.3, -0.25) is 14.8 Å². The zero-order valence-electron chi connectivity index (χ0n) is 18.4. The Balaban J connectivity index is 1.40. The van der Waals surface area contributed by atoms with Gasteiger partial charge >= 0.3 is 0 Å². The average Bonchev–Trinajstić information content (AvgIpc) is 3.26. The van der Waals surface area contributed by atoms with E-state index in [4.69, 9.17) is 19.9 Å². The number of pyridine rings is 2. The van der Waals surface area contributed by atoms with E-state index in [9.17, 15) is 13.8 Å². The molecule has 0 saturated heterocycles. The van der Waals surface area contributed by atoms with Crippen molar-refractivity contribution in [3.05, 3.63) is 89.6 Å². The predicted molar refractivity (Wildman–Crippen MR) is 120 cm³/mol. The molecule has 0 spiro atoms. The Hall–Kier alpha value is -3.63. The van der Waals surface area contributed by atoms with Crippen LogP contribution in [-0.2, 0) is 28.7 Å². The Morgan fingerprint density at radius 1 is 1.14 bits per heavy atom. The molecule has 0 bridgehead atoms. The molecule has 0 aliphatic heterocycles. The Morgan fingerprint density at radius 2 is 1.97 bits per heavy atom. The maximum Gasteiger partial charge on any atom is 0.285 e. The quantitative estimate of drug-likeness (QED) is 0.247. The number of rotatable bonds is 10. The average molecular weight is 500 g/mol. The van der Waals surface area contributed by atoms with Crippen LogP contribution in [0.15, 0.2) is 71.4 Å². The maximum absolute atomic E-state index is 13.3. The molecule has 0 aliphatic rings. The summed E-state index contributed by atoms with van der Waals surface area (Å²) in [5, 5.41) is 4.06. The lowest BCUT2D eigenvalue weighted by Crippen LogP contribution is -2.38. The van der Waals surface area contributed by atoms with Gasteiger partial charge in [0.1, 0.15) is 11.4 Å². The lowest BCUT2D eigenvalue weighted by molar-refractivity contribution is -0.712. The second-order valence-corrected chi connectivity index (χ2v) is 8.75. The van der Waals surface area contributed by atoms with Crippen molar-refractivity contribution in [1.29, 1.82) is 0 Å². The van der Waals surface area contributed by atoms with Crippen LogP contribution in [0.2, 0.25) is 0 Å². The second-order valence-electron chi connectivity index (χ2n) is 7.56. The van der Waals surface area contributed by atoms with Gasteiger partial charge in [-0.1, -0.05) is 23.4 Å². The molecule has 3 N–H and O–H groups in total. The van der Waals surface area contributed by atoms with Gasteiger partial charge in [0.15, 0.2) is 12.5 Å². The van der Waals surface area contributed by atoms with E-state index in [-0.39, 0.29) is 11.6 Å². The van der Waals surface area contributed by atoms with Crippen LogP contribution in [0, 0.1) is 5.82 Å². The third-order valence-electron chi connectivity index (χ3n) is 4.97. The molecule has 1 aromatic carbocycles. The first-order valence-electron chi connectivity index (χ1n) is 10.5. The molecule has 0 fully saturated rings. The normalized spacial score (nSPS) is 12.9. The van der Waals surface area contributed by atoms with E-state index in [0.717, 1.165) is 5.56 Å². The van der Waals surface area contributed by atoms with Crippen LogP contribution < -0.4 is 19.9 Å². The lowest BCUT2D eigenvalue weighted by atomic mass is 10.1. The molecule has 182 valence electrons. The van der Waals surface area contributed by atoms with Crippen molar-refractivity contribution in [2.45, 2.75) is 19.6 Å². The van der Waals surface area contributed by atoms with Crippen LogP contribution in [0.4, 0.5) is 10.2 Å². The molecule has 0 amide bonds. The second kappa shape index (κ2) is 10.7. The van der Waals surface area contributed by atoms with Crippen LogP contribution >= 0.6 is 7.82 Å². The molecule has 10 nitrogen and oxygen atoms in total. The molecule has 3 heterocycles. The third kappa shape index (κ3) is 6.93.